The summed E-state index contributed by atoms with van der Waals surface area (Å²) in [4.78, 5) is 0. The van der Waals surface area contributed by atoms with Crippen LogP contribution in [0.5, 0.6) is 0 Å². The number of hydrogen-bond donors (Lipinski definition) is 0. The lowest BCUT2D eigenvalue weighted by molar-refractivity contribution is 1.03. The zero-order chi connectivity index (χ0) is 8.97. The van der Waals surface area contributed by atoms with Crippen LogP contribution >= 0.6 is 27.5 Å². The fourth-order valence-corrected chi connectivity index (χ4v) is 1.46. The lowest BCUT2D eigenvalue weighted by atomic mass is 10.1. The second-order valence-electron chi connectivity index (χ2n) is 2.45. The highest BCUT2D eigenvalue weighted by atomic mass is 79.9. The third kappa shape index (κ3) is 2.55. The van der Waals surface area contributed by atoms with E-state index in [1.807, 2.05) is 18.2 Å². The zero-order valence-corrected chi connectivity index (χ0v) is 8.82. The van der Waals surface area contributed by atoms with E-state index in [9.17, 15) is 0 Å². The first kappa shape index (κ1) is 9.64. The van der Waals surface area contributed by atoms with Crippen molar-refractivity contribution >= 4 is 27.5 Å². The molecule has 2 heteroatoms. The fraction of sp³-hybridized carbons (Fsp3) is 0.200. The Morgan fingerprint density at radius 1 is 1.50 bits per heavy atom. The molecule has 0 N–H and O–H groups in total. The average Bonchev–Trinajstić information content (AvgIpc) is 2.07. The van der Waals surface area contributed by atoms with Crippen molar-refractivity contribution < 1.29 is 0 Å². The molecule has 1 aromatic rings. The molecule has 0 saturated carbocycles. The van der Waals surface area contributed by atoms with Crippen molar-refractivity contribution in [3.63, 3.8) is 0 Å². The van der Waals surface area contributed by atoms with Crippen LogP contribution in [0.15, 0.2) is 22.7 Å². The van der Waals surface area contributed by atoms with Crippen molar-refractivity contribution in [2.24, 2.45) is 0 Å². The number of benzene rings is 1. The van der Waals surface area contributed by atoms with E-state index < -0.39 is 0 Å². The predicted molar refractivity (Wildman–Crippen MR) is 56.3 cm³/mol. The van der Waals surface area contributed by atoms with Gasteiger partial charge >= 0.3 is 0 Å². The third-order valence-corrected chi connectivity index (χ3v) is 2.76. The molecule has 0 atom stereocenters. The molecule has 0 saturated heterocycles. The number of terminal acetylenes is 1. The molecular weight excluding hydrogens is 235 g/mol. The van der Waals surface area contributed by atoms with Gasteiger partial charge in [0.1, 0.15) is 0 Å². The normalized spacial score (nSPS) is 9.42. The Labute approximate surface area is 86.1 Å². The van der Waals surface area contributed by atoms with Gasteiger partial charge in [0.25, 0.3) is 0 Å². The summed E-state index contributed by atoms with van der Waals surface area (Å²) in [5, 5.41) is 0.736. The highest BCUT2D eigenvalue weighted by molar-refractivity contribution is 9.10. The van der Waals surface area contributed by atoms with Crippen LogP contribution in [0.25, 0.3) is 0 Å². The Hall–Kier alpha value is -0.450. The number of aryl methyl sites for hydroxylation is 1. The summed E-state index contributed by atoms with van der Waals surface area (Å²) >= 11 is 9.18. The van der Waals surface area contributed by atoms with Crippen molar-refractivity contribution in [1.29, 1.82) is 0 Å². The van der Waals surface area contributed by atoms with E-state index in [0.717, 1.165) is 22.3 Å². The van der Waals surface area contributed by atoms with Gasteiger partial charge in [0.15, 0.2) is 0 Å². The van der Waals surface area contributed by atoms with Gasteiger partial charge < -0.3 is 0 Å². The second kappa shape index (κ2) is 4.54. The summed E-state index contributed by atoms with van der Waals surface area (Å²) in [5.74, 6) is 2.60. The Balaban J connectivity index is 2.77. The van der Waals surface area contributed by atoms with E-state index in [1.165, 1.54) is 5.56 Å². The Kier molecular flexibility index (Phi) is 3.65. The van der Waals surface area contributed by atoms with Crippen LogP contribution < -0.4 is 0 Å². The van der Waals surface area contributed by atoms with Gasteiger partial charge in [-0.15, -0.1) is 12.3 Å². The molecule has 0 nitrogen and oxygen atoms in total. The average molecular weight is 244 g/mol. The molecule has 62 valence electrons. The smallest absolute Gasteiger partial charge is 0.0548 e. The summed E-state index contributed by atoms with van der Waals surface area (Å²) in [7, 11) is 0. The summed E-state index contributed by atoms with van der Waals surface area (Å²) in [6.07, 6.45) is 6.84. The maximum absolute atomic E-state index is 5.83. The summed E-state index contributed by atoms with van der Waals surface area (Å²) in [6, 6.07) is 5.86. The van der Waals surface area contributed by atoms with Gasteiger partial charge in [-0.2, -0.15) is 0 Å². The molecule has 0 fully saturated rings. The Morgan fingerprint density at radius 2 is 2.25 bits per heavy atom. The van der Waals surface area contributed by atoms with Crippen LogP contribution in [-0.2, 0) is 6.42 Å². The van der Waals surface area contributed by atoms with Crippen molar-refractivity contribution in [3.05, 3.63) is 33.3 Å². The van der Waals surface area contributed by atoms with E-state index in [0.29, 0.717) is 0 Å². The largest absolute Gasteiger partial charge is 0.120 e. The first-order chi connectivity index (χ1) is 5.74. The first-order valence-electron chi connectivity index (χ1n) is 3.61. The van der Waals surface area contributed by atoms with E-state index in [2.05, 4.69) is 21.9 Å². The molecule has 0 unspecified atom stereocenters. The highest BCUT2D eigenvalue weighted by Gasteiger charge is 1.97. The van der Waals surface area contributed by atoms with Crippen LogP contribution in [0.4, 0.5) is 0 Å². The quantitative estimate of drug-likeness (QED) is 0.695. The molecule has 0 aromatic heterocycles. The standard InChI is InChI=1S/C10H8BrCl/c1-2-3-4-8-5-6-10(12)9(11)7-8/h1,5-7H,3-4H2. The van der Waals surface area contributed by atoms with Crippen molar-refractivity contribution in [3.8, 4) is 12.3 Å². The van der Waals surface area contributed by atoms with E-state index in [1.54, 1.807) is 0 Å². The maximum atomic E-state index is 5.83. The fourth-order valence-electron chi connectivity index (χ4n) is 0.912. The Bertz CT molecular complexity index is 312. The zero-order valence-electron chi connectivity index (χ0n) is 6.48. The summed E-state index contributed by atoms with van der Waals surface area (Å²) < 4.78 is 0.929. The molecule has 0 bridgehead atoms. The van der Waals surface area contributed by atoms with Gasteiger partial charge in [0, 0.05) is 10.9 Å². The lowest BCUT2D eigenvalue weighted by Gasteiger charge is -1.99. The molecule has 0 spiro atoms. The highest BCUT2D eigenvalue weighted by Crippen LogP contribution is 2.23. The van der Waals surface area contributed by atoms with E-state index in [4.69, 9.17) is 18.0 Å². The van der Waals surface area contributed by atoms with Crippen LogP contribution in [0.1, 0.15) is 12.0 Å². The number of halogens is 2. The molecular formula is C10H8BrCl. The molecule has 12 heavy (non-hydrogen) atoms. The molecule has 0 amide bonds. The van der Waals surface area contributed by atoms with Crippen LogP contribution in [0.2, 0.25) is 5.02 Å². The molecule has 0 aliphatic heterocycles. The van der Waals surface area contributed by atoms with E-state index in [-0.39, 0.29) is 0 Å². The topological polar surface area (TPSA) is 0 Å². The number of rotatable bonds is 2. The Morgan fingerprint density at radius 3 is 2.83 bits per heavy atom. The van der Waals surface area contributed by atoms with Gasteiger partial charge in [-0.25, -0.2) is 0 Å². The number of hydrogen-bond acceptors (Lipinski definition) is 0. The minimum absolute atomic E-state index is 0.736. The second-order valence-corrected chi connectivity index (χ2v) is 3.71. The van der Waals surface area contributed by atoms with Crippen molar-refractivity contribution in [2.45, 2.75) is 12.8 Å². The van der Waals surface area contributed by atoms with Gasteiger partial charge in [0.2, 0.25) is 0 Å². The van der Waals surface area contributed by atoms with Crippen LogP contribution in [0, 0.1) is 12.3 Å². The lowest BCUT2D eigenvalue weighted by Crippen LogP contribution is -1.83. The summed E-state index contributed by atoms with van der Waals surface area (Å²) in [5.41, 5.74) is 1.21. The first-order valence-corrected chi connectivity index (χ1v) is 4.78. The van der Waals surface area contributed by atoms with Gasteiger partial charge in [-0.1, -0.05) is 17.7 Å². The van der Waals surface area contributed by atoms with Gasteiger partial charge in [-0.05, 0) is 40.0 Å². The van der Waals surface area contributed by atoms with Gasteiger partial charge in [0.05, 0.1) is 5.02 Å². The SMILES string of the molecule is C#CCCc1ccc(Cl)c(Br)c1. The minimum atomic E-state index is 0.736. The van der Waals surface area contributed by atoms with Crippen molar-refractivity contribution in [1.82, 2.24) is 0 Å². The van der Waals surface area contributed by atoms with Crippen LogP contribution in [-0.4, -0.2) is 0 Å². The molecule has 0 heterocycles. The van der Waals surface area contributed by atoms with Gasteiger partial charge in [-0.3, -0.25) is 0 Å². The third-order valence-electron chi connectivity index (χ3n) is 1.54. The van der Waals surface area contributed by atoms with Crippen molar-refractivity contribution in [2.75, 3.05) is 0 Å². The monoisotopic (exact) mass is 242 g/mol. The van der Waals surface area contributed by atoms with E-state index >= 15 is 0 Å². The van der Waals surface area contributed by atoms with Crippen LogP contribution in [0.3, 0.4) is 0 Å². The molecule has 1 rings (SSSR count). The molecule has 0 aliphatic carbocycles. The molecule has 0 radical (unpaired) electrons. The minimum Gasteiger partial charge on any atom is -0.120 e. The maximum Gasteiger partial charge on any atom is 0.0548 e. The summed E-state index contributed by atoms with van der Waals surface area (Å²) in [6.45, 7) is 0. The molecule has 1 aromatic carbocycles. The predicted octanol–water partition coefficient (Wildman–Crippen LogP) is 3.67. The molecule has 0 aliphatic rings.